The van der Waals surface area contributed by atoms with E-state index in [-0.39, 0.29) is 24.3 Å². The zero-order valence-corrected chi connectivity index (χ0v) is 19.2. The van der Waals surface area contributed by atoms with Crippen molar-refractivity contribution in [2.24, 2.45) is 4.99 Å². The van der Waals surface area contributed by atoms with Gasteiger partial charge in [-0.05, 0) is 43.2 Å². The summed E-state index contributed by atoms with van der Waals surface area (Å²) in [7, 11) is 0. The van der Waals surface area contributed by atoms with E-state index in [4.69, 9.17) is 28.2 Å². The molecule has 2 fully saturated rings. The van der Waals surface area contributed by atoms with Gasteiger partial charge in [-0.25, -0.2) is 4.99 Å². The van der Waals surface area contributed by atoms with Crippen LogP contribution in [-0.2, 0) is 9.59 Å². The molecule has 162 valence electrons. The molecule has 2 aliphatic rings. The maximum atomic E-state index is 13.3. The summed E-state index contributed by atoms with van der Waals surface area (Å²) in [6, 6.07) is 14.7. The van der Waals surface area contributed by atoms with E-state index in [1.165, 1.54) is 18.2 Å². The lowest BCUT2D eigenvalue weighted by molar-refractivity contribution is -0.130. The first-order chi connectivity index (χ1) is 15.0. The van der Waals surface area contributed by atoms with Crippen LogP contribution in [-0.4, -0.2) is 33.2 Å². The van der Waals surface area contributed by atoms with Gasteiger partial charge in [-0.3, -0.25) is 14.5 Å². The van der Waals surface area contributed by atoms with Crippen molar-refractivity contribution in [3.05, 3.63) is 58.6 Å². The van der Waals surface area contributed by atoms with Crippen LogP contribution >= 0.6 is 35.0 Å². The second-order valence-electron chi connectivity index (χ2n) is 7.72. The van der Waals surface area contributed by atoms with Gasteiger partial charge >= 0.3 is 0 Å². The Bertz CT molecular complexity index is 994. The second kappa shape index (κ2) is 10.1. The van der Waals surface area contributed by atoms with Gasteiger partial charge in [-0.15, -0.1) is 0 Å². The summed E-state index contributed by atoms with van der Waals surface area (Å²) in [5, 5.41) is 3.80. The number of amidine groups is 1. The third kappa shape index (κ3) is 5.43. The molecule has 0 bridgehead atoms. The highest BCUT2D eigenvalue weighted by Crippen LogP contribution is 2.37. The smallest absolute Gasteiger partial charge is 0.242 e. The number of anilines is 1. The zero-order chi connectivity index (χ0) is 21.8. The summed E-state index contributed by atoms with van der Waals surface area (Å²) in [5.41, 5.74) is 1.36. The molecular weight excluding hydrogens is 453 g/mol. The summed E-state index contributed by atoms with van der Waals surface area (Å²) in [6.45, 7) is 0. The molecule has 0 radical (unpaired) electrons. The van der Waals surface area contributed by atoms with Gasteiger partial charge in [0, 0.05) is 18.2 Å². The lowest BCUT2D eigenvalue weighted by Gasteiger charge is -2.30. The Kier molecular flexibility index (Phi) is 7.20. The molecule has 1 heterocycles. The number of nitrogens with zero attached hydrogens (tertiary/aromatic N) is 2. The van der Waals surface area contributed by atoms with Crippen LogP contribution in [0.4, 0.5) is 11.4 Å². The number of para-hydroxylation sites is 1. The van der Waals surface area contributed by atoms with Crippen molar-refractivity contribution in [2.45, 2.75) is 49.8 Å². The average Bonchev–Trinajstić information content (AvgIpc) is 3.06. The van der Waals surface area contributed by atoms with E-state index >= 15 is 0 Å². The normalized spacial score (nSPS) is 21.0. The van der Waals surface area contributed by atoms with Crippen molar-refractivity contribution in [3.8, 4) is 0 Å². The third-order valence-electron chi connectivity index (χ3n) is 5.46. The minimum Gasteiger partial charge on any atom is -0.326 e. The predicted molar refractivity (Wildman–Crippen MR) is 128 cm³/mol. The van der Waals surface area contributed by atoms with Gasteiger partial charge < -0.3 is 5.32 Å². The van der Waals surface area contributed by atoms with E-state index in [1.54, 1.807) is 18.2 Å². The first kappa shape index (κ1) is 22.2. The van der Waals surface area contributed by atoms with Crippen LogP contribution < -0.4 is 5.32 Å². The Hall–Kier alpha value is -2.02. The van der Waals surface area contributed by atoms with E-state index in [9.17, 15) is 9.59 Å². The molecule has 1 saturated carbocycles. The molecule has 5 nitrogen and oxygen atoms in total. The van der Waals surface area contributed by atoms with Crippen LogP contribution in [0.3, 0.4) is 0 Å². The predicted octanol–water partition coefficient (Wildman–Crippen LogP) is 6.29. The van der Waals surface area contributed by atoms with Crippen molar-refractivity contribution < 1.29 is 9.59 Å². The fourth-order valence-electron chi connectivity index (χ4n) is 3.94. The molecule has 1 atom stereocenters. The number of thioether (sulfide) groups is 1. The molecule has 8 heteroatoms. The largest absolute Gasteiger partial charge is 0.326 e. The lowest BCUT2D eigenvalue weighted by atomic mass is 9.94. The third-order valence-corrected chi connectivity index (χ3v) is 7.35. The van der Waals surface area contributed by atoms with Gasteiger partial charge in [0.1, 0.15) is 5.25 Å². The fourth-order valence-corrected chi connectivity index (χ4v) is 5.45. The molecule has 1 aliphatic heterocycles. The second-order valence-corrected chi connectivity index (χ2v) is 9.70. The maximum Gasteiger partial charge on any atom is 0.242 e. The quantitative estimate of drug-likeness (QED) is 0.552. The Labute approximate surface area is 196 Å². The van der Waals surface area contributed by atoms with E-state index in [2.05, 4.69) is 5.32 Å². The summed E-state index contributed by atoms with van der Waals surface area (Å²) < 4.78 is 0. The van der Waals surface area contributed by atoms with E-state index in [0.29, 0.717) is 20.9 Å². The molecule has 31 heavy (non-hydrogen) atoms. The van der Waals surface area contributed by atoms with Gasteiger partial charge in [-0.1, -0.05) is 72.4 Å². The summed E-state index contributed by atoms with van der Waals surface area (Å²) >= 11 is 13.3. The first-order valence-corrected chi connectivity index (χ1v) is 12.0. The van der Waals surface area contributed by atoms with Crippen LogP contribution in [0.2, 0.25) is 10.0 Å². The molecule has 2 aromatic rings. The average molecular weight is 476 g/mol. The van der Waals surface area contributed by atoms with Gasteiger partial charge in [0.15, 0.2) is 5.17 Å². The number of rotatable bonds is 5. The van der Waals surface area contributed by atoms with Crippen LogP contribution in [0.1, 0.15) is 38.5 Å². The number of amides is 2. The van der Waals surface area contributed by atoms with Gasteiger partial charge in [0.2, 0.25) is 11.8 Å². The molecule has 1 saturated heterocycles. The van der Waals surface area contributed by atoms with Gasteiger partial charge in [-0.2, -0.15) is 0 Å². The van der Waals surface area contributed by atoms with Crippen molar-refractivity contribution in [1.29, 1.82) is 0 Å². The number of carbonyl (C=O) groups is 2. The molecule has 4 rings (SSSR count). The Morgan fingerprint density at radius 1 is 1.06 bits per heavy atom. The molecule has 1 aliphatic carbocycles. The minimum absolute atomic E-state index is 0.0316. The first-order valence-electron chi connectivity index (χ1n) is 10.4. The van der Waals surface area contributed by atoms with Crippen molar-refractivity contribution >= 4 is 63.3 Å². The van der Waals surface area contributed by atoms with Crippen molar-refractivity contribution in [2.75, 3.05) is 5.32 Å². The Morgan fingerprint density at radius 2 is 1.81 bits per heavy atom. The van der Waals surface area contributed by atoms with Crippen molar-refractivity contribution in [3.63, 3.8) is 0 Å². The van der Waals surface area contributed by atoms with Gasteiger partial charge in [0.05, 0.1) is 15.7 Å². The lowest BCUT2D eigenvalue weighted by Crippen LogP contribution is -2.42. The van der Waals surface area contributed by atoms with Crippen LogP contribution in [0.15, 0.2) is 53.5 Å². The van der Waals surface area contributed by atoms with Gasteiger partial charge in [0.25, 0.3) is 0 Å². The Balaban J connectivity index is 1.51. The Morgan fingerprint density at radius 3 is 2.52 bits per heavy atom. The topological polar surface area (TPSA) is 61.8 Å². The standard InChI is InChI=1S/C23H23Cl2N3O2S/c24-18-12-11-16(13-19(18)25)26-21(29)14-20-22(30)28(17-9-5-2-6-10-17)23(31-20)27-15-7-3-1-4-8-15/h1,3-4,7-8,11-13,17,20H,2,5-6,9-10,14H2,(H,26,29). The molecule has 0 aromatic heterocycles. The number of benzene rings is 2. The summed E-state index contributed by atoms with van der Waals surface area (Å²) in [6.07, 6.45) is 5.44. The molecule has 1 unspecified atom stereocenters. The summed E-state index contributed by atoms with van der Waals surface area (Å²) in [5.74, 6) is -0.273. The summed E-state index contributed by atoms with van der Waals surface area (Å²) in [4.78, 5) is 32.5. The molecule has 0 spiro atoms. The monoisotopic (exact) mass is 475 g/mol. The number of nitrogens with one attached hydrogen (secondary N) is 1. The van der Waals surface area contributed by atoms with Crippen molar-refractivity contribution in [1.82, 2.24) is 4.90 Å². The molecule has 1 N–H and O–H groups in total. The highest BCUT2D eigenvalue weighted by Gasteiger charge is 2.42. The molecular formula is C23H23Cl2N3O2S. The van der Waals surface area contributed by atoms with Crippen LogP contribution in [0.25, 0.3) is 0 Å². The van der Waals surface area contributed by atoms with E-state index < -0.39 is 5.25 Å². The van der Waals surface area contributed by atoms with E-state index in [1.807, 2.05) is 35.2 Å². The fraction of sp³-hybridized carbons (Fsp3) is 0.348. The number of halogens is 2. The van der Waals surface area contributed by atoms with Crippen LogP contribution in [0, 0.1) is 0 Å². The molecule has 2 aromatic carbocycles. The highest BCUT2D eigenvalue weighted by molar-refractivity contribution is 8.15. The maximum absolute atomic E-state index is 13.3. The SMILES string of the molecule is O=C(CC1SC(=Nc2ccccc2)N(C2CCCCC2)C1=O)Nc1ccc(Cl)c(Cl)c1. The number of hydrogen-bond acceptors (Lipinski definition) is 4. The number of aliphatic imine (C=N–C) groups is 1. The highest BCUT2D eigenvalue weighted by atomic mass is 35.5. The molecule has 2 amide bonds. The number of hydrogen-bond donors (Lipinski definition) is 1. The van der Waals surface area contributed by atoms with E-state index in [0.717, 1.165) is 31.4 Å². The zero-order valence-electron chi connectivity index (χ0n) is 16.9. The van der Waals surface area contributed by atoms with Crippen LogP contribution in [0.5, 0.6) is 0 Å². The number of carbonyl (C=O) groups excluding carboxylic acids is 2. The minimum atomic E-state index is -0.493.